The van der Waals surface area contributed by atoms with Gasteiger partial charge < -0.3 is 14.5 Å². The van der Waals surface area contributed by atoms with E-state index in [1.54, 1.807) is 30.3 Å². The molecule has 0 atom stereocenters. The first-order valence-corrected chi connectivity index (χ1v) is 10.6. The zero-order valence-corrected chi connectivity index (χ0v) is 18.7. The molecule has 9 nitrogen and oxygen atoms in total. The third kappa shape index (κ3) is 4.68. The lowest BCUT2D eigenvalue weighted by molar-refractivity contribution is -0.384. The summed E-state index contributed by atoms with van der Waals surface area (Å²) in [6.45, 7) is 1.82. The van der Waals surface area contributed by atoms with Gasteiger partial charge in [0.1, 0.15) is 11.5 Å². The predicted molar refractivity (Wildman–Crippen MR) is 126 cm³/mol. The molecule has 0 fully saturated rings. The molecule has 1 aliphatic rings. The number of methoxy groups -OCH3 is 1. The van der Waals surface area contributed by atoms with E-state index in [1.807, 2.05) is 6.92 Å². The van der Waals surface area contributed by atoms with Gasteiger partial charge in [0, 0.05) is 34.7 Å². The average Bonchev–Trinajstić information content (AvgIpc) is 3.15. The zero-order valence-electron chi connectivity index (χ0n) is 18.0. The van der Waals surface area contributed by atoms with E-state index < -0.39 is 10.8 Å². The molecule has 1 aromatic heterocycles. The molecule has 33 heavy (non-hydrogen) atoms. The van der Waals surface area contributed by atoms with Gasteiger partial charge in [-0.05, 0) is 50.1 Å². The van der Waals surface area contributed by atoms with Crippen LogP contribution in [0.2, 0.25) is 5.02 Å². The van der Waals surface area contributed by atoms with Crippen molar-refractivity contribution in [2.45, 2.75) is 26.2 Å². The Hall–Kier alpha value is -3.85. The van der Waals surface area contributed by atoms with Gasteiger partial charge in [-0.15, -0.1) is 0 Å². The summed E-state index contributed by atoms with van der Waals surface area (Å²) < 4.78 is 11.2. The standard InChI is InChI=1S/C23H21ClN4O5/c1-13-21-17(27-26-15-7-9-16(10-8-15)28(30)31)4-3-5-20(21)33-22(13)23(29)25-18-12-14(24)6-11-19(18)32-2/h6-12,26H,3-5H2,1-2H3,(H,25,29)/b27-17+. The van der Waals surface area contributed by atoms with Crippen molar-refractivity contribution in [1.29, 1.82) is 0 Å². The van der Waals surface area contributed by atoms with Crippen molar-refractivity contribution in [3.8, 4) is 5.75 Å². The maximum Gasteiger partial charge on any atom is 0.291 e. The monoisotopic (exact) mass is 468 g/mol. The molecule has 1 heterocycles. The number of carbonyl (C=O) groups is 1. The Labute approximate surface area is 194 Å². The number of nitro benzene ring substituents is 1. The topological polar surface area (TPSA) is 119 Å². The third-order valence-electron chi connectivity index (χ3n) is 5.34. The van der Waals surface area contributed by atoms with Crippen molar-refractivity contribution in [2.75, 3.05) is 17.9 Å². The summed E-state index contributed by atoms with van der Waals surface area (Å²) in [6.07, 6.45) is 2.22. The van der Waals surface area contributed by atoms with Gasteiger partial charge >= 0.3 is 0 Å². The van der Waals surface area contributed by atoms with Crippen molar-refractivity contribution in [3.63, 3.8) is 0 Å². The number of aryl methyl sites for hydroxylation is 1. The quantitative estimate of drug-likeness (QED) is 0.361. The van der Waals surface area contributed by atoms with Crippen LogP contribution in [0.4, 0.5) is 17.1 Å². The van der Waals surface area contributed by atoms with Gasteiger partial charge in [-0.25, -0.2) is 0 Å². The Bertz CT molecular complexity index is 1250. The Morgan fingerprint density at radius 2 is 1.97 bits per heavy atom. The van der Waals surface area contributed by atoms with E-state index in [-0.39, 0.29) is 11.4 Å². The molecule has 170 valence electrons. The zero-order chi connectivity index (χ0) is 23.5. The summed E-state index contributed by atoms with van der Waals surface area (Å²) in [5, 5.41) is 18.6. The molecule has 0 radical (unpaired) electrons. The Morgan fingerprint density at radius 1 is 1.21 bits per heavy atom. The number of benzene rings is 2. The molecule has 1 aliphatic carbocycles. The van der Waals surface area contributed by atoms with Crippen LogP contribution in [0.25, 0.3) is 0 Å². The maximum atomic E-state index is 13.0. The molecular formula is C23H21ClN4O5. The number of nitro groups is 1. The van der Waals surface area contributed by atoms with Crippen molar-refractivity contribution in [3.05, 3.63) is 80.2 Å². The number of halogens is 1. The summed E-state index contributed by atoms with van der Waals surface area (Å²) in [7, 11) is 1.51. The van der Waals surface area contributed by atoms with Crippen molar-refractivity contribution in [2.24, 2.45) is 5.10 Å². The van der Waals surface area contributed by atoms with Crippen LogP contribution in [-0.2, 0) is 6.42 Å². The summed E-state index contributed by atoms with van der Waals surface area (Å²) in [5.41, 5.74) is 6.26. The lowest BCUT2D eigenvalue weighted by atomic mass is 9.93. The highest BCUT2D eigenvalue weighted by molar-refractivity contribution is 6.31. The highest BCUT2D eigenvalue weighted by Crippen LogP contribution is 2.32. The van der Waals surface area contributed by atoms with E-state index in [0.29, 0.717) is 46.3 Å². The number of nitrogens with one attached hydrogen (secondary N) is 2. The minimum absolute atomic E-state index is 0.00539. The second-order valence-electron chi connectivity index (χ2n) is 7.48. The van der Waals surface area contributed by atoms with Crippen LogP contribution in [0.1, 0.15) is 40.3 Å². The number of hydrogen-bond acceptors (Lipinski definition) is 7. The van der Waals surface area contributed by atoms with Crippen LogP contribution in [0, 0.1) is 17.0 Å². The fraction of sp³-hybridized carbons (Fsp3) is 0.217. The number of carbonyl (C=O) groups excluding carboxylic acids is 1. The van der Waals surface area contributed by atoms with Gasteiger partial charge in [0.05, 0.1) is 29.1 Å². The number of hydrogen-bond donors (Lipinski definition) is 2. The number of hydrazone groups is 1. The molecule has 0 aliphatic heterocycles. The van der Waals surface area contributed by atoms with Crippen LogP contribution in [0.3, 0.4) is 0 Å². The molecule has 1 amide bonds. The number of amides is 1. The van der Waals surface area contributed by atoms with Gasteiger partial charge in [-0.1, -0.05) is 11.6 Å². The molecule has 4 rings (SSSR count). The average molecular weight is 469 g/mol. The van der Waals surface area contributed by atoms with Crippen LogP contribution in [0.5, 0.6) is 5.75 Å². The Balaban J connectivity index is 1.58. The summed E-state index contributed by atoms with van der Waals surface area (Å²) in [6, 6.07) is 10.9. The molecule has 0 bridgehead atoms. The number of non-ortho nitro benzene ring substituents is 1. The summed E-state index contributed by atoms with van der Waals surface area (Å²) in [4.78, 5) is 23.4. The van der Waals surface area contributed by atoms with Crippen LogP contribution >= 0.6 is 11.6 Å². The van der Waals surface area contributed by atoms with Crippen molar-refractivity contribution in [1.82, 2.24) is 0 Å². The largest absolute Gasteiger partial charge is 0.495 e. The van der Waals surface area contributed by atoms with Gasteiger partial charge in [0.2, 0.25) is 0 Å². The lowest BCUT2D eigenvalue weighted by Gasteiger charge is -2.13. The van der Waals surface area contributed by atoms with E-state index in [9.17, 15) is 14.9 Å². The maximum absolute atomic E-state index is 13.0. The van der Waals surface area contributed by atoms with Crippen molar-refractivity contribution >= 4 is 40.3 Å². The summed E-state index contributed by atoms with van der Waals surface area (Å²) in [5.74, 6) is 0.972. The molecular weight excluding hydrogens is 448 g/mol. The molecule has 2 aromatic carbocycles. The number of rotatable bonds is 6. The van der Waals surface area contributed by atoms with Crippen molar-refractivity contribution < 1.29 is 18.9 Å². The van der Waals surface area contributed by atoms with Crippen LogP contribution < -0.4 is 15.5 Å². The second-order valence-corrected chi connectivity index (χ2v) is 7.92. The van der Waals surface area contributed by atoms with Gasteiger partial charge in [0.25, 0.3) is 11.6 Å². The van der Waals surface area contributed by atoms with Gasteiger partial charge in [-0.3, -0.25) is 20.3 Å². The third-order valence-corrected chi connectivity index (χ3v) is 5.57. The van der Waals surface area contributed by atoms with E-state index in [2.05, 4.69) is 15.8 Å². The highest BCUT2D eigenvalue weighted by atomic mass is 35.5. The fourth-order valence-corrected chi connectivity index (χ4v) is 3.92. The van der Waals surface area contributed by atoms with E-state index in [1.165, 1.54) is 19.2 Å². The molecule has 0 unspecified atom stereocenters. The minimum atomic E-state index is -0.455. The highest BCUT2D eigenvalue weighted by Gasteiger charge is 2.28. The lowest BCUT2D eigenvalue weighted by Crippen LogP contribution is -2.15. The molecule has 0 spiro atoms. The second kappa shape index (κ2) is 9.33. The van der Waals surface area contributed by atoms with E-state index in [4.69, 9.17) is 20.8 Å². The molecule has 0 saturated heterocycles. The first-order chi connectivity index (χ1) is 15.9. The van der Waals surface area contributed by atoms with Gasteiger partial charge in [0.15, 0.2) is 5.76 Å². The molecule has 10 heteroatoms. The van der Waals surface area contributed by atoms with Gasteiger partial charge in [-0.2, -0.15) is 5.10 Å². The normalized spacial score (nSPS) is 14.0. The first-order valence-electron chi connectivity index (χ1n) is 10.2. The SMILES string of the molecule is COc1ccc(Cl)cc1NC(=O)c1oc2c(c1C)/C(=N/Nc1ccc([N+](=O)[O-])cc1)CCC2. The van der Waals surface area contributed by atoms with E-state index >= 15 is 0 Å². The predicted octanol–water partition coefficient (Wildman–Crippen LogP) is 5.56. The van der Waals surface area contributed by atoms with E-state index in [0.717, 1.165) is 17.7 Å². The number of nitrogens with zero attached hydrogens (tertiary/aromatic N) is 2. The fourth-order valence-electron chi connectivity index (χ4n) is 3.74. The Morgan fingerprint density at radius 3 is 2.67 bits per heavy atom. The smallest absolute Gasteiger partial charge is 0.291 e. The molecule has 0 saturated carbocycles. The number of furan rings is 1. The minimum Gasteiger partial charge on any atom is -0.495 e. The first kappa shape index (κ1) is 22.3. The number of anilines is 2. The number of ether oxygens (including phenoxy) is 1. The summed E-state index contributed by atoms with van der Waals surface area (Å²) >= 11 is 6.06. The Kier molecular flexibility index (Phi) is 6.32. The van der Waals surface area contributed by atoms with Crippen LogP contribution in [-0.4, -0.2) is 23.7 Å². The molecule has 2 N–H and O–H groups in total. The van der Waals surface area contributed by atoms with Crippen LogP contribution in [0.15, 0.2) is 52.0 Å². The number of fused-ring (bicyclic) bond motifs is 1. The molecule has 3 aromatic rings.